The smallest absolute Gasteiger partial charge is 3.00 e. The first-order valence-electron chi connectivity index (χ1n) is 21.3. The maximum Gasteiger partial charge on any atom is 3.00 e. The first kappa shape index (κ1) is 32.1. The maximum absolute atomic E-state index is 14.7. The van der Waals surface area contributed by atoms with Crippen molar-refractivity contribution in [3.63, 3.8) is 0 Å². The Morgan fingerprint density at radius 3 is 2.46 bits per heavy atom. The van der Waals surface area contributed by atoms with Crippen LogP contribution in [0.3, 0.4) is 0 Å². The van der Waals surface area contributed by atoms with Crippen LogP contribution in [0, 0.1) is 45.5 Å². The molecule has 0 amide bonds. The summed E-state index contributed by atoms with van der Waals surface area (Å²) in [6.45, 7) is -0.781. The summed E-state index contributed by atoms with van der Waals surface area (Å²) in [4.78, 5) is 12.4. The van der Waals surface area contributed by atoms with Crippen molar-refractivity contribution < 1.29 is 37.1 Å². The fourth-order valence-corrected chi connectivity index (χ4v) is 11.5. The topological polar surface area (TPSA) is 56.3 Å². The molecule has 0 saturated carbocycles. The minimum absolute atomic E-state index is 0. The summed E-state index contributed by atoms with van der Waals surface area (Å²) < 4.78 is 68.7. The van der Waals surface area contributed by atoms with Crippen molar-refractivity contribution in [1.29, 1.82) is 0 Å². The van der Waals surface area contributed by atoms with E-state index in [1.165, 1.54) is 39.4 Å². The summed E-state index contributed by atoms with van der Waals surface area (Å²) in [6, 6.07) is 39.4. The summed E-state index contributed by atoms with van der Waals surface area (Å²) in [5, 5.41) is 9.91. The van der Waals surface area contributed by atoms with Crippen molar-refractivity contribution in [3.05, 3.63) is 161 Å². The van der Waals surface area contributed by atoms with Crippen LogP contribution in [0.1, 0.15) is 42.3 Å². The molecule has 57 heavy (non-hydrogen) atoms. The normalized spacial score (nSPS) is 15.8. The Hall–Kier alpha value is -4.86. The van der Waals surface area contributed by atoms with Gasteiger partial charge in [-0.3, -0.25) is 0 Å². The minimum Gasteiger partial charge on any atom is 3.00 e. The number of aryl methyl sites for hydroxylation is 4. The Balaban J connectivity index is 0.000000185. The van der Waals surface area contributed by atoms with Gasteiger partial charge in [0.25, 0.3) is 0 Å². The van der Waals surface area contributed by atoms with Crippen molar-refractivity contribution in [2.45, 2.75) is 51.0 Å². The Labute approximate surface area is 361 Å². The number of rotatable bonds is 4. The van der Waals surface area contributed by atoms with Gasteiger partial charge in [0.15, 0.2) is 5.58 Å². The number of hydrogen-bond acceptors (Lipinski definition) is 5. The number of para-hydroxylation sites is 3. The number of fused-ring (bicyclic) bond motifs is 7. The van der Waals surface area contributed by atoms with Crippen LogP contribution in [-0.4, -0.2) is 23.2 Å². The fourth-order valence-electron chi connectivity index (χ4n) is 7.51. The van der Waals surface area contributed by atoms with E-state index in [1.54, 1.807) is 11.3 Å². The van der Waals surface area contributed by atoms with E-state index >= 15 is 0 Å². The second-order valence-corrected chi connectivity index (χ2v) is 26.6. The third-order valence-electron chi connectivity index (χ3n) is 10.2. The molecule has 0 aliphatic carbocycles. The number of anilines is 2. The van der Waals surface area contributed by atoms with E-state index in [0.29, 0.717) is 0 Å². The Morgan fingerprint density at radius 1 is 0.842 bits per heavy atom. The van der Waals surface area contributed by atoms with Gasteiger partial charge in [-0.05, 0) is 55.2 Å². The number of furan rings is 1. The van der Waals surface area contributed by atoms with Gasteiger partial charge in [0.1, 0.15) is 10.4 Å². The molecule has 10 rings (SSSR count). The Bertz CT molecular complexity index is 3220. The van der Waals surface area contributed by atoms with Gasteiger partial charge in [-0.1, -0.05) is 53.2 Å². The molecule has 0 bridgehead atoms. The molecule has 9 heteroatoms. The number of pyridine rings is 2. The molecular weight excluding hydrogens is 964 g/mol. The summed E-state index contributed by atoms with van der Waals surface area (Å²) in [6.07, 6.45) is 1.22. The zero-order valence-corrected chi connectivity index (χ0v) is 37.1. The Kier molecular flexibility index (Phi) is 8.54. The first-order chi connectivity index (χ1) is 29.4. The van der Waals surface area contributed by atoms with Gasteiger partial charge in [-0.15, -0.1) is 16.6 Å². The molecule has 0 fully saturated rings. The number of hydrogen-bond donors (Lipinski definition) is 0. The standard InChI is InChI=1S/C32H21N3OS.C16H19FGeN.Ir/c1-18-14-17-26(29-28(18)22-8-3-6-13-27(22)36-29)35-25-12-5-4-11-24(25)34-31(35)23-10-7-9-20-21-16-15-19(2)33-32(21)37-30(20)23;1-11-7-6-8-13(16(11)17)15-9-12(2)14(10-19-15)18(3,4)5;/h3-9,11-17,31H,1-2H3;6-7,9-10H,1-5H3;/q-2;-1;+3/i;1D3,2D3;. The molecule has 1 aliphatic heterocycles. The van der Waals surface area contributed by atoms with Gasteiger partial charge in [0.2, 0.25) is 0 Å². The quantitative estimate of drug-likeness (QED) is 0.130. The van der Waals surface area contributed by atoms with Crippen LogP contribution in [0.25, 0.3) is 58.8 Å². The molecular formula is C48H40FGeIrN4OS. The molecule has 1 atom stereocenters. The second kappa shape index (κ2) is 15.1. The van der Waals surface area contributed by atoms with Gasteiger partial charge in [-0.25, -0.2) is 4.98 Å². The van der Waals surface area contributed by atoms with Crippen molar-refractivity contribution >= 4 is 88.3 Å². The minimum atomic E-state index is -2.61. The van der Waals surface area contributed by atoms with Crippen LogP contribution in [0.15, 0.2) is 114 Å². The molecule has 0 N–H and O–H groups in total. The molecule has 5 nitrogen and oxygen atoms in total. The molecule has 1 unspecified atom stereocenters. The van der Waals surface area contributed by atoms with E-state index in [2.05, 4.69) is 89.6 Å². The van der Waals surface area contributed by atoms with Crippen molar-refractivity contribution in [3.8, 4) is 11.3 Å². The summed E-state index contributed by atoms with van der Waals surface area (Å²) in [5.41, 5.74) is 7.77. The average molecular weight is 1010 g/mol. The molecule has 1 aliphatic rings. The third-order valence-corrected chi connectivity index (χ3v) is 15.6. The van der Waals surface area contributed by atoms with Gasteiger partial charge in [0, 0.05) is 22.2 Å². The van der Waals surface area contributed by atoms with E-state index in [-0.39, 0.29) is 43.1 Å². The largest absolute Gasteiger partial charge is 3.00 e. The summed E-state index contributed by atoms with van der Waals surface area (Å²) in [7, 11) is 0. The van der Waals surface area contributed by atoms with Crippen LogP contribution in [0.2, 0.25) is 17.3 Å². The van der Waals surface area contributed by atoms with Crippen molar-refractivity contribution in [2.24, 2.45) is 0 Å². The van der Waals surface area contributed by atoms with Gasteiger partial charge in [-0.2, -0.15) is 29.5 Å². The average Bonchev–Trinajstić information content (AvgIpc) is 3.92. The summed E-state index contributed by atoms with van der Waals surface area (Å²) in [5.74, 6) is 5.20. The molecule has 4 aromatic heterocycles. The monoisotopic (exact) mass is 1010 g/mol. The van der Waals surface area contributed by atoms with Crippen LogP contribution in [0.5, 0.6) is 0 Å². The molecule has 0 saturated heterocycles. The predicted molar refractivity (Wildman–Crippen MR) is 234 cm³/mol. The second-order valence-electron chi connectivity index (χ2n) is 15.1. The number of halogens is 1. The fraction of sp³-hybridized carbons (Fsp3) is 0.167. The van der Waals surface area contributed by atoms with E-state index in [9.17, 15) is 4.39 Å². The zero-order chi connectivity index (χ0) is 43.9. The van der Waals surface area contributed by atoms with Crippen LogP contribution in [0.4, 0.5) is 21.5 Å². The van der Waals surface area contributed by atoms with Crippen LogP contribution >= 0.6 is 11.3 Å². The molecule has 0 spiro atoms. The van der Waals surface area contributed by atoms with E-state index in [0.717, 1.165) is 65.6 Å². The van der Waals surface area contributed by atoms with Crippen molar-refractivity contribution in [1.82, 2.24) is 9.97 Å². The Morgan fingerprint density at radius 2 is 1.63 bits per heavy atom. The molecule has 5 heterocycles. The van der Waals surface area contributed by atoms with Gasteiger partial charge >= 0.3 is 145 Å². The first-order valence-corrected chi connectivity index (χ1v) is 26.5. The predicted octanol–water partition coefficient (Wildman–Crippen LogP) is 13.5. The van der Waals surface area contributed by atoms with Crippen molar-refractivity contribution in [2.75, 3.05) is 4.90 Å². The van der Waals surface area contributed by atoms with Crippen LogP contribution < -0.4 is 9.30 Å². The maximum atomic E-state index is 14.7. The molecule has 0 radical (unpaired) electrons. The number of thiophene rings is 1. The molecule has 9 aromatic rings. The number of aromatic nitrogens is 2. The summed E-state index contributed by atoms with van der Waals surface area (Å²) >= 11 is -0.792. The SMILES string of the molecule is Cc1ccc2c(n1)sc1c(C3[N-]c4ccccc4N3c3ccc(C)c4c3oc3ccccc34)[c-]ccc12.[2H]C([2H])([2H])c1cc(-c2[c-]ccc(C([2H])([2H])[2H])c2F)nc[c]1[Ge]([CH3])([CH3])[CH3].[Ir+3]. The molecule has 5 aromatic carbocycles. The molecule has 284 valence electrons. The number of nitrogens with zero attached hydrogens (tertiary/aromatic N) is 4. The zero-order valence-electron chi connectivity index (χ0n) is 37.8. The van der Waals surface area contributed by atoms with Crippen LogP contribution in [-0.2, 0) is 20.1 Å². The van der Waals surface area contributed by atoms with Gasteiger partial charge in [0.05, 0.1) is 5.69 Å². The third kappa shape index (κ3) is 6.86. The van der Waals surface area contributed by atoms with E-state index < -0.39 is 38.4 Å². The van der Waals surface area contributed by atoms with Gasteiger partial charge < -0.3 is 14.6 Å². The van der Waals surface area contributed by atoms with E-state index in [4.69, 9.17) is 22.9 Å². The van der Waals surface area contributed by atoms with E-state index in [1.807, 2.05) is 48.5 Å². The number of benzene rings is 5.